The molecule has 0 aliphatic heterocycles. The fourth-order valence-corrected chi connectivity index (χ4v) is 3.55. The van der Waals surface area contributed by atoms with Crippen molar-refractivity contribution in [3.05, 3.63) is 85.8 Å². The second kappa shape index (κ2) is 8.34. The van der Waals surface area contributed by atoms with Crippen molar-refractivity contribution < 1.29 is 29.6 Å². The van der Waals surface area contributed by atoms with Crippen LogP contribution in [0.5, 0.6) is 0 Å². The Kier molecular flexibility index (Phi) is 5.65. The Morgan fingerprint density at radius 1 is 1.29 bits per heavy atom. The van der Waals surface area contributed by atoms with Crippen LogP contribution in [0.3, 0.4) is 0 Å². The first kappa shape index (κ1) is 23.1. The largest absolute Gasteiger partial charge is 0.420 e. The summed E-state index contributed by atoms with van der Waals surface area (Å²) in [4.78, 5) is 48.5. The van der Waals surface area contributed by atoms with Gasteiger partial charge in [-0.2, -0.15) is 13.2 Å². The van der Waals surface area contributed by atoms with Crippen molar-refractivity contribution in [2.75, 3.05) is 0 Å². The van der Waals surface area contributed by atoms with Gasteiger partial charge < -0.3 is 10.3 Å². The smallest absolute Gasteiger partial charge is 0.346 e. The van der Waals surface area contributed by atoms with Crippen LogP contribution >= 0.6 is 0 Å². The highest BCUT2D eigenvalue weighted by Crippen LogP contribution is 2.39. The fourth-order valence-electron chi connectivity index (χ4n) is 3.55. The Balaban J connectivity index is 0.00000228. The molecule has 4 rings (SSSR count). The topological polar surface area (TPSA) is 110 Å². The number of aromatic nitrogens is 4. The molecule has 0 unspecified atom stereocenters. The number of hydrogen-bond donors (Lipinski definition) is 2. The number of alkyl halides is 3. The minimum absolute atomic E-state index is 0. The predicted molar refractivity (Wildman–Crippen MR) is 112 cm³/mol. The van der Waals surface area contributed by atoms with Crippen molar-refractivity contribution in [1.82, 2.24) is 24.8 Å². The van der Waals surface area contributed by atoms with Gasteiger partial charge >= 0.3 is 11.9 Å². The first-order chi connectivity index (χ1) is 16.0. The number of fused-ring (bicyclic) bond motifs is 1. The number of hydrogen-bond acceptors (Lipinski definition) is 5. The molecule has 0 saturated carbocycles. The molecule has 2 atom stereocenters. The Morgan fingerprint density at radius 3 is 2.65 bits per heavy atom. The van der Waals surface area contributed by atoms with Crippen LogP contribution in [0.25, 0.3) is 10.9 Å². The highest BCUT2D eigenvalue weighted by atomic mass is 19.4. The lowest BCUT2D eigenvalue weighted by molar-refractivity contribution is -0.124. The molecule has 3 aromatic heterocycles. The molecular weight excluding hydrogens is 465 g/mol. The molecule has 34 heavy (non-hydrogen) atoms. The van der Waals surface area contributed by atoms with Crippen LogP contribution in [0.2, 0.25) is 0 Å². The predicted octanol–water partition coefficient (Wildman–Crippen LogP) is 3.09. The third-order valence-electron chi connectivity index (χ3n) is 5.19. The molecule has 0 bridgehead atoms. The molecule has 3 heterocycles. The summed E-state index contributed by atoms with van der Waals surface area (Å²) in [6.07, 6.45) is -2.27. The summed E-state index contributed by atoms with van der Waals surface area (Å²) in [5.41, 5.74) is -1.63. The summed E-state index contributed by atoms with van der Waals surface area (Å²) >= 11 is 0. The number of pyridine rings is 2. The lowest BCUT2D eigenvalue weighted by atomic mass is 9.90. The number of aromatic amines is 1. The maximum Gasteiger partial charge on any atom is 0.420 e. The maximum absolute atomic E-state index is 14.1. The number of carbonyl (C=O) groups excluding carboxylic acids is 1. The second-order valence-electron chi connectivity index (χ2n) is 7.48. The monoisotopic (exact) mass is 483 g/mol. The maximum atomic E-state index is 14.1. The first-order valence-corrected chi connectivity index (χ1v) is 9.73. The van der Waals surface area contributed by atoms with Gasteiger partial charge in [-0.25, -0.2) is 18.1 Å². The molecule has 0 aromatic carbocycles. The van der Waals surface area contributed by atoms with Crippen molar-refractivity contribution in [2.24, 2.45) is 0 Å². The molecular formula is C21H18F5N5O3. The number of halogens is 5. The molecule has 0 spiro atoms. The van der Waals surface area contributed by atoms with Crippen LogP contribution in [-0.4, -0.2) is 31.6 Å². The zero-order valence-electron chi connectivity index (χ0n) is 17.2. The number of amides is 1. The second-order valence-corrected chi connectivity index (χ2v) is 7.48. The van der Waals surface area contributed by atoms with Crippen molar-refractivity contribution in [3.63, 3.8) is 0 Å². The van der Waals surface area contributed by atoms with Crippen molar-refractivity contribution in [3.8, 4) is 0 Å². The molecule has 8 nitrogen and oxygen atoms in total. The van der Waals surface area contributed by atoms with E-state index in [0.29, 0.717) is 10.6 Å². The van der Waals surface area contributed by atoms with Gasteiger partial charge in [-0.1, -0.05) is 0 Å². The highest BCUT2D eigenvalue weighted by Gasteiger charge is 2.42. The van der Waals surface area contributed by atoms with Gasteiger partial charge in [-0.15, -0.1) is 5.73 Å². The number of rotatable bonds is 5. The van der Waals surface area contributed by atoms with Crippen molar-refractivity contribution in [2.45, 2.75) is 31.6 Å². The van der Waals surface area contributed by atoms with Gasteiger partial charge in [0.2, 0.25) is 5.91 Å². The van der Waals surface area contributed by atoms with Crippen molar-refractivity contribution >= 4 is 16.8 Å². The standard InChI is InChI=1S/C21H14F5N5O3.2H2/c1-9(16-14(23)6-12(22)7-28-16)29-18(32)17(10-4-11(5-10)21(24,25)26)31-19(33)13-2-3-27-8-15(13)30-20(31)34;;/h2-3,6-9,17H,4H2,1H3,(H,29,32)(H,30,34);2*1H/t9-,17+;;/m1../s1. The number of nitrogens with zero attached hydrogens (tertiary/aromatic N) is 3. The number of carbonyl (C=O) groups is 1. The molecule has 3 aromatic rings. The number of H-pyrrole nitrogens is 1. The van der Waals surface area contributed by atoms with Crippen LogP contribution in [0.15, 0.2) is 57.2 Å². The van der Waals surface area contributed by atoms with E-state index >= 15 is 0 Å². The summed E-state index contributed by atoms with van der Waals surface area (Å²) in [7, 11) is 0. The zero-order valence-corrected chi connectivity index (χ0v) is 17.2. The van der Waals surface area contributed by atoms with E-state index in [4.69, 9.17) is 0 Å². The van der Waals surface area contributed by atoms with Crippen LogP contribution in [0.1, 0.15) is 34.0 Å². The van der Waals surface area contributed by atoms with Gasteiger partial charge in [0.25, 0.3) is 5.56 Å². The lowest BCUT2D eigenvalue weighted by Gasteiger charge is -2.27. The lowest BCUT2D eigenvalue weighted by Crippen LogP contribution is -2.46. The average molecular weight is 483 g/mol. The summed E-state index contributed by atoms with van der Waals surface area (Å²) in [6, 6.07) is -1.18. The summed E-state index contributed by atoms with van der Waals surface area (Å²) in [5, 5.41) is 2.28. The van der Waals surface area contributed by atoms with E-state index < -0.39 is 59.0 Å². The Morgan fingerprint density at radius 2 is 2.00 bits per heavy atom. The summed E-state index contributed by atoms with van der Waals surface area (Å²) < 4.78 is 66.6. The SMILES string of the molecule is C[C@@H](NC(=O)[C@H](C1=C=C(C(F)(F)F)C1)n1c(=O)[nH]c2cnccc2c1=O)c1ncc(F)cc1F.[HH].[HH]. The summed E-state index contributed by atoms with van der Waals surface area (Å²) in [5.74, 6) is -3.10. The highest BCUT2D eigenvalue weighted by molar-refractivity contribution is 5.85. The van der Waals surface area contributed by atoms with E-state index in [2.05, 4.69) is 20.3 Å². The van der Waals surface area contributed by atoms with Gasteiger partial charge in [-0.05, 0) is 13.0 Å². The zero-order chi connectivity index (χ0) is 24.8. The van der Waals surface area contributed by atoms with E-state index in [1.54, 1.807) is 0 Å². The quantitative estimate of drug-likeness (QED) is 0.428. The minimum atomic E-state index is -4.70. The molecule has 1 aliphatic rings. The van der Waals surface area contributed by atoms with Gasteiger partial charge in [0, 0.05) is 27.1 Å². The van der Waals surface area contributed by atoms with Gasteiger partial charge in [-0.3, -0.25) is 19.6 Å². The Hall–Kier alpha value is -4.12. The van der Waals surface area contributed by atoms with Crippen LogP contribution in [0.4, 0.5) is 22.0 Å². The average Bonchev–Trinajstić information content (AvgIpc) is 2.70. The van der Waals surface area contributed by atoms with E-state index in [1.807, 2.05) is 5.73 Å². The Labute approximate surface area is 189 Å². The molecule has 2 N–H and O–H groups in total. The van der Waals surface area contributed by atoms with E-state index in [-0.39, 0.29) is 25.0 Å². The first-order valence-electron chi connectivity index (χ1n) is 9.73. The molecule has 1 amide bonds. The van der Waals surface area contributed by atoms with Crippen LogP contribution in [0, 0.1) is 11.6 Å². The fraction of sp³-hybridized carbons (Fsp3) is 0.238. The normalized spacial score (nSPS) is 15.2. The van der Waals surface area contributed by atoms with Crippen LogP contribution < -0.4 is 16.6 Å². The minimum Gasteiger partial charge on any atom is -0.346 e. The van der Waals surface area contributed by atoms with E-state index in [9.17, 15) is 36.3 Å². The molecule has 180 valence electrons. The molecule has 0 saturated heterocycles. The van der Waals surface area contributed by atoms with Crippen molar-refractivity contribution in [1.29, 1.82) is 0 Å². The van der Waals surface area contributed by atoms with E-state index in [1.165, 1.54) is 25.4 Å². The van der Waals surface area contributed by atoms with Gasteiger partial charge in [0.15, 0.2) is 0 Å². The summed E-state index contributed by atoms with van der Waals surface area (Å²) in [6.45, 7) is 1.30. The number of nitrogens with one attached hydrogen (secondary N) is 2. The molecule has 0 fully saturated rings. The van der Waals surface area contributed by atoms with Crippen LogP contribution in [-0.2, 0) is 4.79 Å². The third-order valence-corrected chi connectivity index (χ3v) is 5.19. The third kappa shape index (κ3) is 4.13. The van der Waals surface area contributed by atoms with Gasteiger partial charge in [0.05, 0.1) is 40.6 Å². The molecule has 0 radical (unpaired) electrons. The molecule has 13 heteroatoms. The molecule has 1 aliphatic carbocycles. The Bertz CT molecular complexity index is 1510. The van der Waals surface area contributed by atoms with E-state index in [0.717, 1.165) is 6.20 Å². The van der Waals surface area contributed by atoms with Gasteiger partial charge in [0.1, 0.15) is 17.7 Å².